The van der Waals surface area contributed by atoms with Gasteiger partial charge in [0, 0.05) is 25.6 Å². The van der Waals surface area contributed by atoms with Gasteiger partial charge in [0.05, 0.1) is 15.8 Å². The van der Waals surface area contributed by atoms with Gasteiger partial charge in [-0.1, -0.05) is 55.5 Å². The molecule has 36 heavy (non-hydrogen) atoms. The van der Waals surface area contributed by atoms with Crippen LogP contribution in [0.3, 0.4) is 0 Å². The summed E-state index contributed by atoms with van der Waals surface area (Å²) in [6, 6.07) is 20.5. The minimum absolute atomic E-state index is 0.172. The maximum atomic E-state index is 7.32. The molecule has 2 fully saturated rings. The Balaban J connectivity index is 0.00000115. The number of halogens is 2. The van der Waals surface area contributed by atoms with Crippen molar-refractivity contribution in [3.63, 3.8) is 0 Å². The molecule has 0 aromatic heterocycles. The predicted molar refractivity (Wildman–Crippen MR) is 155 cm³/mol. The molecule has 196 valence electrons. The highest BCUT2D eigenvalue weighted by Gasteiger charge is 2.43. The quantitative estimate of drug-likeness (QED) is 0.273. The van der Waals surface area contributed by atoms with Crippen molar-refractivity contribution in [2.45, 2.75) is 114 Å². The molecule has 0 saturated heterocycles. The molecule has 2 aliphatic carbocycles. The van der Waals surface area contributed by atoms with E-state index in [1.54, 1.807) is 6.07 Å². The highest BCUT2D eigenvalue weighted by atomic mass is 35.5. The van der Waals surface area contributed by atoms with E-state index < -0.39 is 0 Å². The van der Waals surface area contributed by atoms with E-state index in [-0.39, 0.29) is 9.75 Å². The van der Waals surface area contributed by atoms with E-state index in [9.17, 15) is 0 Å². The van der Waals surface area contributed by atoms with Gasteiger partial charge in [0.15, 0.2) is 0 Å². The van der Waals surface area contributed by atoms with Crippen LogP contribution in [-0.4, -0.2) is 23.5 Å². The Labute approximate surface area is 230 Å². The minimum atomic E-state index is -0.172. The highest BCUT2D eigenvalue weighted by molar-refractivity contribution is 6.25. The molecule has 2 aliphatic rings. The number of hydrogen-bond acceptors (Lipinski definition) is 2. The number of benzene rings is 2. The first kappa shape index (κ1) is 29.0. The molecule has 4 heteroatoms. The van der Waals surface area contributed by atoms with Crippen LogP contribution >= 0.6 is 23.2 Å². The van der Waals surface area contributed by atoms with Crippen molar-refractivity contribution in [1.29, 1.82) is 5.26 Å². The summed E-state index contributed by atoms with van der Waals surface area (Å²) in [4.78, 5) is 2.37. The summed E-state index contributed by atoms with van der Waals surface area (Å²) in [6.45, 7) is 9.57. The van der Waals surface area contributed by atoms with Crippen molar-refractivity contribution < 1.29 is 0 Å². The SMILES string of the molecule is CC#N.CCC(CCc1c(C2(Cl)CCC2)cccc1C1(Cl)CCC1)N(CCc1ccccc1)C(C)C. The van der Waals surface area contributed by atoms with Crippen LogP contribution < -0.4 is 0 Å². The normalized spacial score (nSPS) is 18.4. The van der Waals surface area contributed by atoms with E-state index in [2.05, 4.69) is 74.2 Å². The predicted octanol–water partition coefficient (Wildman–Crippen LogP) is 9.12. The lowest BCUT2D eigenvalue weighted by atomic mass is 9.71. The lowest BCUT2D eigenvalue weighted by Crippen LogP contribution is -2.42. The standard InChI is InChI=1S/C30H41Cl2N.C2H3N/c1-4-25(33(23(2)3)22-17-24-11-6-5-7-12-24)15-16-26-27(29(31)18-9-19-29)13-8-14-28(26)30(32)20-10-21-30;1-2-3/h5-8,11-14,23,25H,4,9-10,15-22H2,1-3H3;1H3. The topological polar surface area (TPSA) is 27.0 Å². The summed E-state index contributed by atoms with van der Waals surface area (Å²) in [6.07, 6.45) is 11.3. The van der Waals surface area contributed by atoms with E-state index in [1.807, 2.05) is 0 Å². The molecule has 1 unspecified atom stereocenters. The van der Waals surface area contributed by atoms with Crippen molar-refractivity contribution in [3.05, 3.63) is 70.8 Å². The summed E-state index contributed by atoms with van der Waals surface area (Å²) in [5.41, 5.74) is 5.63. The first-order chi connectivity index (χ1) is 17.3. The van der Waals surface area contributed by atoms with E-state index in [4.69, 9.17) is 28.5 Å². The summed E-state index contributed by atoms with van der Waals surface area (Å²) < 4.78 is 0. The van der Waals surface area contributed by atoms with Crippen molar-refractivity contribution >= 4 is 23.2 Å². The number of nitrogens with zero attached hydrogens (tertiary/aromatic N) is 2. The molecule has 4 rings (SSSR count). The van der Waals surface area contributed by atoms with E-state index in [1.165, 1.54) is 48.4 Å². The van der Waals surface area contributed by atoms with Gasteiger partial charge in [-0.2, -0.15) is 5.26 Å². The van der Waals surface area contributed by atoms with Gasteiger partial charge < -0.3 is 0 Å². The van der Waals surface area contributed by atoms with Gasteiger partial charge in [-0.15, -0.1) is 23.2 Å². The zero-order valence-electron chi connectivity index (χ0n) is 22.7. The summed E-state index contributed by atoms with van der Waals surface area (Å²) >= 11 is 14.3. The Morgan fingerprint density at radius 3 is 1.83 bits per heavy atom. The van der Waals surface area contributed by atoms with Crippen molar-refractivity contribution in [3.8, 4) is 6.07 Å². The molecule has 0 bridgehead atoms. The lowest BCUT2D eigenvalue weighted by molar-refractivity contribution is 0.142. The smallest absolute Gasteiger partial charge is 0.0697 e. The summed E-state index contributed by atoms with van der Waals surface area (Å²) in [7, 11) is 0. The van der Waals surface area contributed by atoms with Crippen LogP contribution in [0.2, 0.25) is 0 Å². The molecule has 2 saturated carbocycles. The summed E-state index contributed by atoms with van der Waals surface area (Å²) in [5, 5.41) is 7.32. The van der Waals surface area contributed by atoms with E-state index >= 15 is 0 Å². The second kappa shape index (κ2) is 13.3. The van der Waals surface area contributed by atoms with Gasteiger partial charge in [0.2, 0.25) is 0 Å². The number of alkyl halides is 2. The molecule has 0 aliphatic heterocycles. The van der Waals surface area contributed by atoms with Gasteiger partial charge >= 0.3 is 0 Å². The molecule has 0 spiro atoms. The number of hydrogen-bond donors (Lipinski definition) is 0. The number of rotatable bonds is 11. The average Bonchev–Trinajstić information content (AvgIpc) is 2.84. The Bertz CT molecular complexity index is 949. The van der Waals surface area contributed by atoms with Gasteiger partial charge in [-0.3, -0.25) is 4.90 Å². The Kier molecular flexibility index (Phi) is 10.7. The fourth-order valence-electron chi connectivity index (χ4n) is 5.89. The molecule has 0 N–H and O–H groups in total. The molecule has 2 aromatic carbocycles. The third-order valence-corrected chi connectivity index (χ3v) is 9.43. The minimum Gasteiger partial charge on any atom is -0.298 e. The molecule has 2 aromatic rings. The van der Waals surface area contributed by atoms with Crippen LogP contribution in [0.1, 0.15) is 101 Å². The molecule has 2 nitrogen and oxygen atoms in total. The molecule has 0 heterocycles. The second-order valence-electron chi connectivity index (χ2n) is 10.9. The van der Waals surface area contributed by atoms with Crippen LogP contribution in [0.5, 0.6) is 0 Å². The van der Waals surface area contributed by atoms with Crippen molar-refractivity contribution in [1.82, 2.24) is 4.90 Å². The molecular weight excluding hydrogens is 483 g/mol. The fourth-order valence-corrected chi connectivity index (χ4v) is 6.78. The number of nitriles is 1. The molecule has 0 amide bonds. The third kappa shape index (κ3) is 6.86. The maximum Gasteiger partial charge on any atom is 0.0697 e. The largest absolute Gasteiger partial charge is 0.298 e. The maximum absolute atomic E-state index is 7.32. The molecular formula is C32H44Cl2N2. The average molecular weight is 528 g/mol. The first-order valence-electron chi connectivity index (χ1n) is 13.9. The van der Waals surface area contributed by atoms with Gasteiger partial charge in [-0.05, 0) is 100 Å². The Hall–Kier alpha value is -1.53. The van der Waals surface area contributed by atoms with Gasteiger partial charge in [-0.25, -0.2) is 0 Å². The summed E-state index contributed by atoms with van der Waals surface area (Å²) in [5.74, 6) is 0. The first-order valence-corrected chi connectivity index (χ1v) is 14.6. The Morgan fingerprint density at radius 1 is 0.889 bits per heavy atom. The van der Waals surface area contributed by atoms with Crippen LogP contribution in [0.25, 0.3) is 0 Å². The van der Waals surface area contributed by atoms with Crippen LogP contribution in [0.15, 0.2) is 48.5 Å². The van der Waals surface area contributed by atoms with Crippen molar-refractivity contribution in [2.24, 2.45) is 0 Å². The van der Waals surface area contributed by atoms with Crippen LogP contribution in [0.4, 0.5) is 0 Å². The fraction of sp³-hybridized carbons (Fsp3) is 0.594. The Morgan fingerprint density at radius 2 is 1.42 bits per heavy atom. The van der Waals surface area contributed by atoms with E-state index in [0.717, 1.165) is 51.5 Å². The zero-order chi connectivity index (χ0) is 26.2. The van der Waals surface area contributed by atoms with Crippen LogP contribution in [0, 0.1) is 11.3 Å². The van der Waals surface area contributed by atoms with Gasteiger partial charge in [0.1, 0.15) is 0 Å². The second-order valence-corrected chi connectivity index (χ2v) is 12.3. The third-order valence-electron chi connectivity index (χ3n) is 8.27. The molecule has 1 atom stereocenters. The van der Waals surface area contributed by atoms with Crippen molar-refractivity contribution in [2.75, 3.05) is 6.54 Å². The van der Waals surface area contributed by atoms with Crippen LogP contribution in [-0.2, 0) is 22.6 Å². The van der Waals surface area contributed by atoms with E-state index in [0.29, 0.717) is 12.1 Å². The highest BCUT2D eigenvalue weighted by Crippen LogP contribution is 2.53. The molecule has 0 radical (unpaired) electrons. The monoisotopic (exact) mass is 526 g/mol. The lowest BCUT2D eigenvalue weighted by Gasteiger charge is -2.43. The van der Waals surface area contributed by atoms with Gasteiger partial charge in [0.25, 0.3) is 0 Å². The zero-order valence-corrected chi connectivity index (χ0v) is 24.2.